The van der Waals surface area contributed by atoms with Crippen LogP contribution in [-0.2, 0) is 0 Å². The van der Waals surface area contributed by atoms with Crippen molar-refractivity contribution >= 4 is 10.9 Å². The molecule has 0 amide bonds. The van der Waals surface area contributed by atoms with Gasteiger partial charge in [0.2, 0.25) is 5.88 Å². The molecule has 0 radical (unpaired) electrons. The zero-order valence-corrected chi connectivity index (χ0v) is 10.9. The van der Waals surface area contributed by atoms with Crippen LogP contribution in [0.15, 0.2) is 48.8 Å². The minimum atomic E-state index is -4.84. The molecular formula is C15H8F4N2O. The number of halogens is 4. The minimum Gasteiger partial charge on any atom is -0.387 e. The predicted octanol–water partition coefficient (Wildman–Crippen LogP) is 4.33. The van der Waals surface area contributed by atoms with Crippen molar-refractivity contribution in [2.45, 2.75) is 6.36 Å². The Morgan fingerprint density at radius 3 is 2.23 bits per heavy atom. The maximum absolute atomic E-state index is 12.9. The highest BCUT2D eigenvalue weighted by atomic mass is 19.4. The van der Waals surface area contributed by atoms with Gasteiger partial charge < -0.3 is 4.74 Å². The van der Waals surface area contributed by atoms with E-state index in [2.05, 4.69) is 14.7 Å². The Hall–Kier alpha value is -2.70. The molecule has 3 rings (SSSR count). The molecule has 0 aliphatic carbocycles. The fourth-order valence-electron chi connectivity index (χ4n) is 2.05. The van der Waals surface area contributed by atoms with Crippen molar-refractivity contribution in [1.82, 2.24) is 9.97 Å². The van der Waals surface area contributed by atoms with Crippen LogP contribution in [0.3, 0.4) is 0 Å². The van der Waals surface area contributed by atoms with Crippen LogP contribution < -0.4 is 4.74 Å². The monoisotopic (exact) mass is 308 g/mol. The Morgan fingerprint density at radius 1 is 0.864 bits per heavy atom. The van der Waals surface area contributed by atoms with E-state index in [-0.39, 0.29) is 5.39 Å². The van der Waals surface area contributed by atoms with E-state index in [1.807, 2.05) is 0 Å². The predicted molar refractivity (Wildman–Crippen MR) is 71.6 cm³/mol. The van der Waals surface area contributed by atoms with Gasteiger partial charge in [-0.25, -0.2) is 14.4 Å². The number of hydrogen-bond donors (Lipinski definition) is 0. The Bertz CT molecular complexity index is 816. The molecule has 0 unspecified atom stereocenters. The molecule has 0 N–H and O–H groups in total. The second-order valence-electron chi connectivity index (χ2n) is 4.47. The average molecular weight is 308 g/mol. The highest BCUT2D eigenvalue weighted by Gasteiger charge is 2.32. The summed E-state index contributed by atoms with van der Waals surface area (Å²) in [5.41, 5.74) is 1.58. The maximum atomic E-state index is 12.9. The zero-order valence-electron chi connectivity index (χ0n) is 10.9. The minimum absolute atomic E-state index is 0.127. The van der Waals surface area contributed by atoms with Gasteiger partial charge in [0.1, 0.15) is 12.1 Å². The first-order valence-corrected chi connectivity index (χ1v) is 6.19. The first-order chi connectivity index (χ1) is 10.4. The van der Waals surface area contributed by atoms with E-state index in [0.717, 1.165) is 6.33 Å². The van der Waals surface area contributed by atoms with Gasteiger partial charge in [0.15, 0.2) is 0 Å². The van der Waals surface area contributed by atoms with Crippen molar-refractivity contribution < 1.29 is 22.3 Å². The molecule has 0 saturated heterocycles. The van der Waals surface area contributed by atoms with Crippen molar-refractivity contribution in [2.24, 2.45) is 0 Å². The molecule has 0 aliphatic rings. The number of benzene rings is 2. The Morgan fingerprint density at radius 2 is 1.55 bits per heavy atom. The Labute approximate surface area is 122 Å². The van der Waals surface area contributed by atoms with Crippen molar-refractivity contribution in [3.05, 3.63) is 54.6 Å². The lowest BCUT2D eigenvalue weighted by atomic mass is 10.0. The standard InChI is InChI=1S/C15H8F4N2O/c16-11-4-1-9(2-5-11)10-3-6-13-12(7-10)14(21-8-20-13)22-15(17,18)19/h1-8H. The molecule has 0 atom stereocenters. The first kappa shape index (κ1) is 14.2. The van der Waals surface area contributed by atoms with Gasteiger partial charge in [0.05, 0.1) is 10.9 Å². The van der Waals surface area contributed by atoms with Crippen LogP contribution in [0.1, 0.15) is 0 Å². The number of aromatic nitrogens is 2. The van der Waals surface area contributed by atoms with E-state index in [9.17, 15) is 17.6 Å². The number of nitrogens with zero attached hydrogens (tertiary/aromatic N) is 2. The zero-order chi connectivity index (χ0) is 15.7. The summed E-state index contributed by atoms with van der Waals surface area (Å²) >= 11 is 0. The molecule has 0 saturated carbocycles. The summed E-state index contributed by atoms with van der Waals surface area (Å²) < 4.78 is 54.1. The Kier molecular flexibility index (Phi) is 3.40. The molecule has 7 heteroatoms. The number of ether oxygens (including phenoxy) is 1. The highest BCUT2D eigenvalue weighted by Crippen LogP contribution is 2.31. The quantitative estimate of drug-likeness (QED) is 0.661. The maximum Gasteiger partial charge on any atom is 0.574 e. The summed E-state index contributed by atoms with van der Waals surface area (Å²) in [6, 6.07) is 10.3. The smallest absolute Gasteiger partial charge is 0.387 e. The van der Waals surface area contributed by atoms with Gasteiger partial charge in [0.25, 0.3) is 0 Å². The van der Waals surface area contributed by atoms with E-state index in [1.165, 1.54) is 30.3 Å². The third kappa shape index (κ3) is 2.98. The van der Waals surface area contributed by atoms with Gasteiger partial charge in [-0.15, -0.1) is 13.2 Å². The van der Waals surface area contributed by atoms with Crippen molar-refractivity contribution in [1.29, 1.82) is 0 Å². The first-order valence-electron chi connectivity index (χ1n) is 6.19. The van der Waals surface area contributed by atoms with Crippen LogP contribution in [0.25, 0.3) is 22.0 Å². The third-order valence-corrected chi connectivity index (χ3v) is 2.99. The molecule has 0 bridgehead atoms. The van der Waals surface area contributed by atoms with Gasteiger partial charge >= 0.3 is 6.36 Å². The van der Waals surface area contributed by atoms with Crippen molar-refractivity contribution in [3.63, 3.8) is 0 Å². The summed E-state index contributed by atoms with van der Waals surface area (Å²) in [7, 11) is 0. The molecule has 112 valence electrons. The highest BCUT2D eigenvalue weighted by molar-refractivity contribution is 5.88. The number of rotatable bonds is 2. The molecule has 1 heterocycles. The molecule has 2 aromatic carbocycles. The van der Waals surface area contributed by atoms with E-state index < -0.39 is 18.1 Å². The van der Waals surface area contributed by atoms with Crippen molar-refractivity contribution in [3.8, 4) is 17.0 Å². The topological polar surface area (TPSA) is 35.0 Å². The Balaban J connectivity index is 2.11. The van der Waals surface area contributed by atoms with E-state index >= 15 is 0 Å². The van der Waals surface area contributed by atoms with Crippen LogP contribution in [0.2, 0.25) is 0 Å². The second kappa shape index (κ2) is 5.25. The van der Waals surface area contributed by atoms with E-state index in [1.54, 1.807) is 12.1 Å². The molecule has 3 nitrogen and oxygen atoms in total. The lowest BCUT2D eigenvalue weighted by Gasteiger charge is -2.10. The van der Waals surface area contributed by atoms with E-state index in [0.29, 0.717) is 16.6 Å². The molecule has 0 aliphatic heterocycles. The molecule has 0 spiro atoms. The SMILES string of the molecule is Fc1ccc(-c2ccc3ncnc(OC(F)(F)F)c3c2)cc1. The van der Waals surface area contributed by atoms with Gasteiger partial charge in [-0.1, -0.05) is 18.2 Å². The third-order valence-electron chi connectivity index (χ3n) is 2.99. The average Bonchev–Trinajstić information content (AvgIpc) is 2.46. The van der Waals surface area contributed by atoms with Crippen molar-refractivity contribution in [2.75, 3.05) is 0 Å². The van der Waals surface area contributed by atoms with Gasteiger partial charge in [-0.3, -0.25) is 0 Å². The van der Waals surface area contributed by atoms with Gasteiger partial charge in [-0.2, -0.15) is 0 Å². The summed E-state index contributed by atoms with van der Waals surface area (Å²) in [5, 5.41) is 0.127. The lowest BCUT2D eigenvalue weighted by Crippen LogP contribution is -2.18. The van der Waals surface area contributed by atoms with Crippen LogP contribution in [-0.4, -0.2) is 16.3 Å². The van der Waals surface area contributed by atoms with Crippen LogP contribution in [0.5, 0.6) is 5.88 Å². The molecule has 22 heavy (non-hydrogen) atoms. The summed E-state index contributed by atoms with van der Waals surface area (Å²) in [5.74, 6) is -0.963. The molecular weight excluding hydrogens is 300 g/mol. The molecule has 1 aromatic heterocycles. The molecule has 3 aromatic rings. The summed E-state index contributed by atoms with van der Waals surface area (Å²) in [4.78, 5) is 7.43. The lowest BCUT2D eigenvalue weighted by molar-refractivity contribution is -0.275. The van der Waals surface area contributed by atoms with E-state index in [4.69, 9.17) is 0 Å². The summed E-state index contributed by atoms with van der Waals surface area (Å²) in [6.45, 7) is 0. The summed E-state index contributed by atoms with van der Waals surface area (Å²) in [6.07, 6.45) is -3.84. The van der Waals surface area contributed by atoms with Crippen LogP contribution >= 0.6 is 0 Å². The normalized spacial score (nSPS) is 11.6. The van der Waals surface area contributed by atoms with Gasteiger partial charge in [0, 0.05) is 0 Å². The second-order valence-corrected chi connectivity index (χ2v) is 4.47. The number of fused-ring (bicyclic) bond motifs is 1. The van der Waals surface area contributed by atoms with Crippen LogP contribution in [0.4, 0.5) is 17.6 Å². The van der Waals surface area contributed by atoms with Gasteiger partial charge in [-0.05, 0) is 35.4 Å². The molecule has 0 fully saturated rings. The van der Waals surface area contributed by atoms with Crippen LogP contribution in [0, 0.1) is 5.82 Å². The fourth-order valence-corrected chi connectivity index (χ4v) is 2.05. The number of hydrogen-bond acceptors (Lipinski definition) is 3. The largest absolute Gasteiger partial charge is 0.574 e. The number of alkyl halides is 3. The fraction of sp³-hybridized carbons (Fsp3) is 0.0667.